The Morgan fingerprint density at radius 1 is 2.00 bits per heavy atom. The summed E-state index contributed by atoms with van der Waals surface area (Å²) in [6.45, 7) is 1.69. The van der Waals surface area contributed by atoms with Crippen LogP contribution in [0, 0.1) is 0 Å². The largest absolute Gasteiger partial charge is 0.381 e. The molecular weight excluding hydrogens is 186 g/mol. The van der Waals surface area contributed by atoms with Crippen LogP contribution in [0.15, 0.2) is 5.16 Å². The summed E-state index contributed by atoms with van der Waals surface area (Å²) in [5.74, 6) is 0. The first-order valence-electron chi connectivity index (χ1n) is 2.53. The third-order valence-electron chi connectivity index (χ3n) is 1.10. The highest BCUT2D eigenvalue weighted by Gasteiger charge is 2.32. The van der Waals surface area contributed by atoms with E-state index in [-0.39, 0.29) is 0 Å². The van der Waals surface area contributed by atoms with Gasteiger partial charge in [-0.25, -0.2) is 0 Å². The monoisotopic (exact) mass is 191 g/mol. The number of oxime groups is 1. The van der Waals surface area contributed by atoms with Crippen molar-refractivity contribution in [2.75, 3.05) is 0 Å². The lowest BCUT2D eigenvalue weighted by Gasteiger charge is -2.10. The van der Waals surface area contributed by atoms with E-state index in [2.05, 4.69) is 21.1 Å². The van der Waals surface area contributed by atoms with Crippen molar-refractivity contribution in [3.8, 4) is 0 Å². The third-order valence-corrected chi connectivity index (χ3v) is 1.52. The summed E-state index contributed by atoms with van der Waals surface area (Å²) in [6.07, 6.45) is 1.29. The van der Waals surface area contributed by atoms with Crippen molar-refractivity contribution >= 4 is 26.8 Å². The van der Waals surface area contributed by atoms with E-state index >= 15 is 0 Å². The molecule has 0 aromatic carbocycles. The van der Waals surface area contributed by atoms with Crippen LogP contribution < -0.4 is 0 Å². The number of carbonyl (C=O) groups is 1. The van der Waals surface area contributed by atoms with Gasteiger partial charge < -0.3 is 4.84 Å². The number of aldehydes is 1. The fraction of sp³-hybridized carbons (Fsp3) is 0.600. The molecule has 0 spiro atoms. The average molecular weight is 192 g/mol. The van der Waals surface area contributed by atoms with E-state index in [1.165, 1.54) is 0 Å². The zero-order valence-corrected chi connectivity index (χ0v) is 6.51. The molecule has 0 aromatic heterocycles. The van der Waals surface area contributed by atoms with Crippen LogP contribution in [0.4, 0.5) is 0 Å². The number of hydrogen-bond donors (Lipinski definition) is 0. The molecular formula is C5H6BrNO2. The molecule has 50 valence electrons. The first kappa shape index (κ1) is 6.74. The van der Waals surface area contributed by atoms with Crippen LogP contribution in [0.25, 0.3) is 0 Å². The van der Waals surface area contributed by atoms with Crippen molar-refractivity contribution in [1.29, 1.82) is 0 Å². The topological polar surface area (TPSA) is 38.7 Å². The van der Waals surface area contributed by atoms with Gasteiger partial charge in [0.2, 0.25) is 0 Å². The van der Waals surface area contributed by atoms with Gasteiger partial charge in [0.25, 0.3) is 0 Å². The van der Waals surface area contributed by atoms with Crippen LogP contribution in [0.3, 0.4) is 0 Å². The van der Waals surface area contributed by atoms with Gasteiger partial charge in [0, 0.05) is 6.42 Å². The van der Waals surface area contributed by atoms with Crippen LogP contribution in [0.2, 0.25) is 0 Å². The number of nitrogens with zero attached hydrogens (tertiary/aromatic N) is 1. The van der Waals surface area contributed by atoms with E-state index in [0.29, 0.717) is 11.0 Å². The highest BCUT2D eigenvalue weighted by Crippen LogP contribution is 2.22. The number of carbonyl (C=O) groups excluding carboxylic acids is 1. The lowest BCUT2D eigenvalue weighted by molar-refractivity contribution is -0.125. The Hall–Kier alpha value is -0.380. The molecule has 0 N–H and O–H groups in total. The van der Waals surface area contributed by atoms with Gasteiger partial charge in [-0.15, -0.1) is 0 Å². The maximum absolute atomic E-state index is 10.3. The van der Waals surface area contributed by atoms with E-state index in [0.717, 1.165) is 6.29 Å². The number of hydrogen-bond acceptors (Lipinski definition) is 3. The van der Waals surface area contributed by atoms with E-state index in [1.807, 2.05) is 0 Å². The van der Waals surface area contributed by atoms with E-state index < -0.39 is 5.60 Å². The second kappa shape index (κ2) is 2.10. The summed E-state index contributed by atoms with van der Waals surface area (Å²) in [5.41, 5.74) is -0.723. The highest BCUT2D eigenvalue weighted by molar-refractivity contribution is 9.18. The van der Waals surface area contributed by atoms with Gasteiger partial charge in [-0.1, -0.05) is 5.16 Å². The smallest absolute Gasteiger partial charge is 0.195 e. The van der Waals surface area contributed by atoms with Crippen molar-refractivity contribution in [2.45, 2.75) is 18.9 Å². The Balaban J connectivity index is 2.63. The van der Waals surface area contributed by atoms with Crippen LogP contribution in [-0.4, -0.2) is 16.5 Å². The first-order chi connectivity index (χ1) is 4.16. The minimum absolute atomic E-state index is 0.538. The third kappa shape index (κ3) is 1.30. The quantitative estimate of drug-likeness (QED) is 0.583. The molecule has 1 rings (SSSR count). The Bertz CT molecular complexity index is 168. The maximum Gasteiger partial charge on any atom is 0.195 e. The Kier molecular flexibility index (Phi) is 1.57. The normalized spacial score (nSPS) is 33.3. The summed E-state index contributed by atoms with van der Waals surface area (Å²) in [5, 5.41) is 3.56. The second-order valence-corrected chi connectivity index (χ2v) is 3.08. The van der Waals surface area contributed by atoms with Crippen molar-refractivity contribution in [3.05, 3.63) is 0 Å². The molecule has 0 fully saturated rings. The zero-order valence-electron chi connectivity index (χ0n) is 4.93. The molecule has 0 bridgehead atoms. The minimum Gasteiger partial charge on any atom is -0.381 e. The molecule has 1 heterocycles. The van der Waals surface area contributed by atoms with Gasteiger partial charge in [-0.3, -0.25) is 4.79 Å². The van der Waals surface area contributed by atoms with Crippen molar-refractivity contribution in [1.82, 2.24) is 0 Å². The minimum atomic E-state index is -0.723. The Morgan fingerprint density at radius 2 is 2.67 bits per heavy atom. The first-order valence-corrected chi connectivity index (χ1v) is 3.32. The van der Waals surface area contributed by atoms with Crippen LogP contribution in [0.1, 0.15) is 13.3 Å². The summed E-state index contributed by atoms with van der Waals surface area (Å²) < 4.78 is 0.692. The zero-order chi connectivity index (χ0) is 6.91. The van der Waals surface area contributed by atoms with Crippen LogP contribution in [-0.2, 0) is 9.63 Å². The number of rotatable bonds is 1. The number of halogens is 1. The molecule has 1 aliphatic heterocycles. The van der Waals surface area contributed by atoms with Crippen LogP contribution in [0.5, 0.6) is 0 Å². The summed E-state index contributed by atoms with van der Waals surface area (Å²) in [4.78, 5) is 15.0. The predicted molar refractivity (Wildman–Crippen MR) is 36.5 cm³/mol. The molecule has 0 saturated heterocycles. The van der Waals surface area contributed by atoms with Gasteiger partial charge in [-0.05, 0) is 22.9 Å². The Morgan fingerprint density at radius 3 is 2.89 bits per heavy atom. The lowest BCUT2D eigenvalue weighted by atomic mass is 10.1. The fourth-order valence-electron chi connectivity index (χ4n) is 0.571. The van der Waals surface area contributed by atoms with Crippen molar-refractivity contribution in [2.24, 2.45) is 5.16 Å². The highest BCUT2D eigenvalue weighted by atomic mass is 79.9. The molecule has 0 radical (unpaired) electrons. The standard InChI is InChI=1S/C5H6BrNO2/c1-5(3-8)2-4(6)7-9-5/h3H,2H2,1H3. The van der Waals surface area contributed by atoms with E-state index in [1.54, 1.807) is 6.92 Å². The summed E-state index contributed by atoms with van der Waals surface area (Å²) in [6, 6.07) is 0. The molecule has 1 aliphatic rings. The van der Waals surface area contributed by atoms with Gasteiger partial charge >= 0.3 is 0 Å². The van der Waals surface area contributed by atoms with Crippen molar-refractivity contribution < 1.29 is 9.63 Å². The molecule has 0 amide bonds. The van der Waals surface area contributed by atoms with Gasteiger partial charge in [-0.2, -0.15) is 0 Å². The van der Waals surface area contributed by atoms with E-state index in [9.17, 15) is 4.79 Å². The molecule has 1 atom stereocenters. The molecule has 0 aromatic rings. The molecule has 4 heteroatoms. The summed E-state index contributed by atoms with van der Waals surface area (Å²) >= 11 is 3.12. The fourth-order valence-corrected chi connectivity index (χ4v) is 1.20. The SMILES string of the molecule is CC1(C=O)CC(Br)=NO1. The molecule has 0 aliphatic carbocycles. The molecule has 9 heavy (non-hydrogen) atoms. The second-order valence-electron chi connectivity index (χ2n) is 2.17. The van der Waals surface area contributed by atoms with Gasteiger partial charge in [0.15, 0.2) is 11.9 Å². The van der Waals surface area contributed by atoms with Gasteiger partial charge in [0.05, 0.1) is 0 Å². The molecule has 1 unspecified atom stereocenters. The van der Waals surface area contributed by atoms with Gasteiger partial charge in [0.1, 0.15) is 4.62 Å². The van der Waals surface area contributed by atoms with Crippen molar-refractivity contribution in [3.63, 3.8) is 0 Å². The Labute approximate surface area is 61.2 Å². The van der Waals surface area contributed by atoms with E-state index in [4.69, 9.17) is 4.84 Å². The predicted octanol–water partition coefficient (Wildman–Crippen LogP) is 1.07. The maximum atomic E-state index is 10.3. The average Bonchev–Trinajstić information content (AvgIpc) is 2.13. The van der Waals surface area contributed by atoms with Crippen LogP contribution >= 0.6 is 15.9 Å². The lowest BCUT2D eigenvalue weighted by Crippen LogP contribution is -2.25. The summed E-state index contributed by atoms with van der Waals surface area (Å²) in [7, 11) is 0. The molecule has 3 nitrogen and oxygen atoms in total. The molecule has 0 saturated carbocycles.